The van der Waals surface area contributed by atoms with Gasteiger partial charge in [0.15, 0.2) is 5.82 Å². The quantitative estimate of drug-likeness (QED) is 0.638. The second-order valence-electron chi connectivity index (χ2n) is 5.29. The normalized spacial score (nSPS) is 14.5. The lowest BCUT2D eigenvalue weighted by molar-refractivity contribution is 0.100. The van der Waals surface area contributed by atoms with Crippen LogP contribution in [0.3, 0.4) is 0 Å². The first-order valence-corrected chi connectivity index (χ1v) is 7.77. The topological polar surface area (TPSA) is 123 Å². The molecule has 1 fully saturated rings. The summed E-state index contributed by atoms with van der Waals surface area (Å²) in [6.07, 6.45) is 3.71. The van der Waals surface area contributed by atoms with E-state index in [1.54, 1.807) is 4.90 Å². The highest BCUT2D eigenvalue weighted by atomic mass is 35.5. The van der Waals surface area contributed by atoms with E-state index in [0.29, 0.717) is 13.1 Å². The van der Waals surface area contributed by atoms with Crippen LogP contribution in [0.25, 0.3) is 11.0 Å². The predicted octanol–water partition coefficient (Wildman–Crippen LogP) is 1.73. The van der Waals surface area contributed by atoms with Gasteiger partial charge in [-0.05, 0) is 25.3 Å². The van der Waals surface area contributed by atoms with Crippen LogP contribution in [0, 0.1) is 0 Å². The Balaban J connectivity index is 1.84. The Bertz CT molecular complexity index is 793. The summed E-state index contributed by atoms with van der Waals surface area (Å²) in [6.45, 7) is 1.31. The number of carbonyl (C=O) groups excluding carboxylic acids is 2. The first kappa shape index (κ1) is 16.2. The number of aromatic nitrogens is 3. The number of hydrogen-bond donors (Lipinski definition) is 2. The summed E-state index contributed by atoms with van der Waals surface area (Å²) in [6, 6.07) is 1.32. The zero-order valence-electron chi connectivity index (χ0n) is 12.7. The minimum atomic E-state index is -0.695. The Morgan fingerprint density at radius 3 is 2.67 bits per heavy atom. The van der Waals surface area contributed by atoms with Crippen molar-refractivity contribution in [3.8, 4) is 0 Å². The van der Waals surface area contributed by atoms with Crippen molar-refractivity contribution in [3.05, 3.63) is 23.1 Å². The van der Waals surface area contributed by atoms with E-state index in [9.17, 15) is 9.59 Å². The lowest BCUT2D eigenvalue weighted by Gasteiger charge is -2.25. The number of rotatable bonds is 3. The van der Waals surface area contributed by atoms with Crippen molar-refractivity contribution in [1.29, 1.82) is 0 Å². The number of anilines is 1. The van der Waals surface area contributed by atoms with Crippen LogP contribution < -0.4 is 11.2 Å². The third kappa shape index (κ3) is 3.30. The Kier molecular flexibility index (Phi) is 4.61. The number of hydrogen-bond acceptors (Lipinski definition) is 7. The molecule has 3 rings (SSSR count). The number of likely N-dealkylation sites (tertiary alicyclic amines) is 1. The molecule has 0 aromatic carbocycles. The molecule has 126 valence electrons. The van der Waals surface area contributed by atoms with E-state index in [2.05, 4.69) is 20.4 Å². The van der Waals surface area contributed by atoms with E-state index in [1.165, 1.54) is 12.4 Å². The van der Waals surface area contributed by atoms with Gasteiger partial charge in [0.05, 0.1) is 5.56 Å². The largest absolute Gasteiger partial charge is 0.434 e. The summed E-state index contributed by atoms with van der Waals surface area (Å²) in [7, 11) is 0. The maximum Gasteiger partial charge on any atom is 0.434 e. The van der Waals surface area contributed by atoms with Gasteiger partial charge in [-0.2, -0.15) is 5.48 Å². The van der Waals surface area contributed by atoms with Gasteiger partial charge in [0, 0.05) is 13.1 Å². The van der Waals surface area contributed by atoms with Gasteiger partial charge in [-0.3, -0.25) is 4.79 Å². The van der Waals surface area contributed by atoms with E-state index in [0.717, 1.165) is 19.3 Å². The molecule has 0 atom stereocenters. The van der Waals surface area contributed by atoms with E-state index < -0.39 is 12.0 Å². The van der Waals surface area contributed by atoms with Gasteiger partial charge >= 0.3 is 6.09 Å². The van der Waals surface area contributed by atoms with Crippen LogP contribution in [0.15, 0.2) is 12.4 Å². The number of nitrogens with one attached hydrogen (secondary N) is 1. The summed E-state index contributed by atoms with van der Waals surface area (Å²) in [4.78, 5) is 42.3. The molecule has 3 heterocycles. The minimum absolute atomic E-state index is 0.0523. The van der Waals surface area contributed by atoms with Gasteiger partial charge in [-0.25, -0.2) is 19.7 Å². The van der Waals surface area contributed by atoms with Crippen molar-refractivity contribution in [3.63, 3.8) is 0 Å². The maximum absolute atomic E-state index is 12.0. The van der Waals surface area contributed by atoms with Crippen LogP contribution in [-0.2, 0) is 4.84 Å². The smallest absolute Gasteiger partial charge is 0.366 e. The highest BCUT2D eigenvalue weighted by Gasteiger charge is 2.20. The molecule has 1 aliphatic heterocycles. The standard InChI is InChI=1S/C14H15ClN6O3/c15-9-6-8(12(16)22)10-11(19-9)13(18-7-17-10)20-24-14(23)21-4-2-1-3-5-21/h6-7H,1-5H2,(H2,16,22)(H,17,18,20). The van der Waals surface area contributed by atoms with Crippen molar-refractivity contribution < 1.29 is 14.4 Å². The van der Waals surface area contributed by atoms with Gasteiger partial charge in [0.1, 0.15) is 22.5 Å². The average Bonchev–Trinajstić information content (AvgIpc) is 2.59. The number of nitrogens with two attached hydrogens (primary N) is 1. The number of amides is 2. The zero-order chi connectivity index (χ0) is 17.1. The molecule has 0 bridgehead atoms. The van der Waals surface area contributed by atoms with Gasteiger partial charge in [0.2, 0.25) is 0 Å². The van der Waals surface area contributed by atoms with Crippen molar-refractivity contribution >= 4 is 40.5 Å². The fraction of sp³-hybridized carbons (Fsp3) is 0.357. The Hall–Kier alpha value is -2.68. The Labute approximate surface area is 142 Å². The highest BCUT2D eigenvalue weighted by molar-refractivity contribution is 6.30. The number of carbonyl (C=O) groups is 2. The van der Waals surface area contributed by atoms with E-state index in [-0.39, 0.29) is 27.6 Å². The Morgan fingerprint density at radius 1 is 1.21 bits per heavy atom. The molecule has 10 heteroatoms. The number of nitrogens with zero attached hydrogens (tertiary/aromatic N) is 4. The molecule has 0 radical (unpaired) electrons. The molecule has 1 saturated heterocycles. The van der Waals surface area contributed by atoms with Gasteiger partial charge in [0.25, 0.3) is 5.91 Å². The second-order valence-corrected chi connectivity index (χ2v) is 5.68. The third-order valence-electron chi connectivity index (χ3n) is 3.67. The molecule has 2 amide bonds. The summed E-state index contributed by atoms with van der Waals surface area (Å²) in [5.74, 6) is -0.574. The fourth-order valence-electron chi connectivity index (χ4n) is 2.50. The van der Waals surface area contributed by atoms with Gasteiger partial charge in [-0.15, -0.1) is 0 Å². The lowest BCUT2D eigenvalue weighted by atomic mass is 10.1. The molecule has 0 saturated carbocycles. The third-order valence-corrected chi connectivity index (χ3v) is 3.87. The zero-order valence-corrected chi connectivity index (χ0v) is 13.4. The van der Waals surface area contributed by atoms with Crippen LogP contribution in [-0.4, -0.2) is 44.9 Å². The molecule has 2 aromatic heterocycles. The molecule has 9 nitrogen and oxygen atoms in total. The monoisotopic (exact) mass is 350 g/mol. The van der Waals surface area contributed by atoms with Crippen LogP contribution in [0.5, 0.6) is 0 Å². The average molecular weight is 351 g/mol. The molecule has 24 heavy (non-hydrogen) atoms. The van der Waals surface area contributed by atoms with Crippen LogP contribution in [0.4, 0.5) is 10.6 Å². The summed E-state index contributed by atoms with van der Waals surface area (Å²) >= 11 is 5.91. The van der Waals surface area contributed by atoms with E-state index in [1.807, 2.05) is 0 Å². The minimum Gasteiger partial charge on any atom is -0.366 e. The molecular formula is C14H15ClN6O3. The van der Waals surface area contributed by atoms with Crippen LogP contribution in [0.1, 0.15) is 29.6 Å². The molecule has 0 unspecified atom stereocenters. The van der Waals surface area contributed by atoms with Crippen LogP contribution >= 0.6 is 11.6 Å². The predicted molar refractivity (Wildman–Crippen MR) is 86.4 cm³/mol. The highest BCUT2D eigenvalue weighted by Crippen LogP contribution is 2.23. The Morgan fingerprint density at radius 2 is 1.96 bits per heavy atom. The first-order chi connectivity index (χ1) is 11.6. The molecule has 3 N–H and O–H groups in total. The van der Waals surface area contributed by atoms with E-state index in [4.69, 9.17) is 22.2 Å². The molecule has 1 aliphatic rings. The van der Waals surface area contributed by atoms with Crippen molar-refractivity contribution in [1.82, 2.24) is 19.9 Å². The SMILES string of the molecule is NC(=O)c1cc(Cl)nc2c(NOC(=O)N3CCCCC3)ncnc12. The fourth-order valence-corrected chi connectivity index (χ4v) is 2.70. The van der Waals surface area contributed by atoms with Gasteiger partial charge < -0.3 is 15.5 Å². The molecular weight excluding hydrogens is 336 g/mol. The summed E-state index contributed by atoms with van der Waals surface area (Å²) in [5.41, 5.74) is 8.30. The summed E-state index contributed by atoms with van der Waals surface area (Å²) < 4.78 is 0. The number of fused-ring (bicyclic) bond motifs is 1. The van der Waals surface area contributed by atoms with E-state index >= 15 is 0 Å². The number of piperidine rings is 1. The lowest BCUT2D eigenvalue weighted by Crippen LogP contribution is -2.37. The first-order valence-electron chi connectivity index (χ1n) is 7.39. The van der Waals surface area contributed by atoms with Crippen molar-refractivity contribution in [2.75, 3.05) is 18.6 Å². The second kappa shape index (κ2) is 6.83. The number of primary amides is 1. The molecule has 2 aromatic rings. The number of halogens is 1. The number of pyridine rings is 1. The van der Waals surface area contributed by atoms with Gasteiger partial charge in [-0.1, -0.05) is 11.6 Å². The van der Waals surface area contributed by atoms with Crippen molar-refractivity contribution in [2.45, 2.75) is 19.3 Å². The molecule has 0 aliphatic carbocycles. The van der Waals surface area contributed by atoms with Crippen LogP contribution in [0.2, 0.25) is 5.15 Å². The summed E-state index contributed by atoms with van der Waals surface area (Å²) in [5, 5.41) is 0.0523. The maximum atomic E-state index is 12.0. The van der Waals surface area contributed by atoms with Crippen molar-refractivity contribution in [2.24, 2.45) is 5.73 Å². The molecule has 0 spiro atoms.